The Kier molecular flexibility index (Phi) is 12.1. The van der Waals surface area contributed by atoms with Crippen molar-refractivity contribution in [3.63, 3.8) is 0 Å². The van der Waals surface area contributed by atoms with E-state index >= 15 is 0 Å². The Bertz CT molecular complexity index is 2030. The molecule has 3 fully saturated rings. The number of likely N-dealkylation sites (N-methyl/N-ethyl adjacent to an activating group) is 1. The number of ether oxygens (including phenoxy) is 1. The van der Waals surface area contributed by atoms with Crippen molar-refractivity contribution in [2.24, 2.45) is 45.3 Å². The highest BCUT2D eigenvalue weighted by atomic mass is 16.5. The molecule has 6 rings (SSSR count). The maximum atomic E-state index is 14.6. The number of fused-ring (bicyclic) bond motifs is 5. The average molecular weight is 795 g/mol. The average Bonchev–Trinajstić information content (AvgIpc) is 3.68. The van der Waals surface area contributed by atoms with Gasteiger partial charge in [-0.25, -0.2) is 4.68 Å². The molecule has 0 aliphatic heterocycles. The number of aldehydes is 1. The zero-order chi connectivity index (χ0) is 42.6. The zero-order valence-corrected chi connectivity index (χ0v) is 37.4. The van der Waals surface area contributed by atoms with Gasteiger partial charge in [-0.3, -0.25) is 19.1 Å². The molecule has 9 heteroatoms. The lowest BCUT2D eigenvalue weighted by atomic mass is 9.35. The maximum Gasteiger partial charge on any atom is 0.307 e. The van der Waals surface area contributed by atoms with Gasteiger partial charge in [0.2, 0.25) is 0 Å². The van der Waals surface area contributed by atoms with Gasteiger partial charge in [0.1, 0.15) is 12.4 Å². The fourth-order valence-corrected chi connectivity index (χ4v) is 12.7. The van der Waals surface area contributed by atoms with E-state index in [-0.39, 0.29) is 57.9 Å². The number of Topliss-reactive ketones (excluding diaryl/α,β-unsaturated/α-hetero) is 1. The predicted octanol–water partition coefficient (Wildman–Crippen LogP) is 9.22. The van der Waals surface area contributed by atoms with Gasteiger partial charge in [-0.05, 0) is 147 Å². The molecule has 316 valence electrons. The molecule has 1 heterocycles. The molecule has 3 saturated carbocycles. The number of benzene rings is 1. The molecule has 0 saturated heterocycles. The number of rotatable bonds is 14. The SMILES string of the molecule is CCC(CCC1(C)C2CCC3C4=C(C(C)C)C(=O)CC4(c4cc(=O)n(-c5ccc(C#N)cc5)n4CCN(C)C)CC[C@@]3(C)C2(C)CC[C@H]1C)OC(=O)CC(C)(C)C=O. The van der Waals surface area contributed by atoms with E-state index in [0.717, 1.165) is 87.6 Å². The van der Waals surface area contributed by atoms with Crippen molar-refractivity contribution < 1.29 is 19.1 Å². The second kappa shape index (κ2) is 16.0. The van der Waals surface area contributed by atoms with Gasteiger partial charge in [0.15, 0.2) is 5.78 Å². The van der Waals surface area contributed by atoms with E-state index in [9.17, 15) is 24.4 Å². The Morgan fingerprint density at radius 1 is 1.05 bits per heavy atom. The molecule has 9 nitrogen and oxygen atoms in total. The minimum atomic E-state index is -0.736. The summed E-state index contributed by atoms with van der Waals surface area (Å²) in [6, 6.07) is 11.3. The van der Waals surface area contributed by atoms with Gasteiger partial charge < -0.3 is 14.4 Å². The molecule has 0 bridgehead atoms. The standard InChI is InChI=1S/C49H70N4O5/c1-12-36(58-42(57)29-45(5,6)31-54)20-21-46(7)33(4)19-22-48(9)39(46)18-17-37-44-43(32(2)3)38(55)28-49(44,24-23-47(37,48)8)40-27-41(56)53(52(40)26-25-51(10)11)35-15-13-34(30-50)14-16-35/h13-16,27,31-33,36-37,39H,12,17-26,28-29H2,1-11H3/t33-,36?,37?,39?,46?,47-,48?,49?/m1/s1. The van der Waals surface area contributed by atoms with Crippen LogP contribution in [0.2, 0.25) is 0 Å². The highest BCUT2D eigenvalue weighted by Gasteiger charge is 2.68. The fourth-order valence-electron chi connectivity index (χ4n) is 12.7. The number of hydrogen-bond donors (Lipinski definition) is 0. The van der Waals surface area contributed by atoms with Gasteiger partial charge in [-0.2, -0.15) is 5.26 Å². The first-order chi connectivity index (χ1) is 27.2. The molecular formula is C49H70N4O5. The molecule has 2 aromatic rings. The van der Waals surface area contributed by atoms with E-state index in [0.29, 0.717) is 30.4 Å². The van der Waals surface area contributed by atoms with Crippen LogP contribution in [0.25, 0.3) is 5.69 Å². The molecule has 58 heavy (non-hydrogen) atoms. The summed E-state index contributed by atoms with van der Waals surface area (Å²) in [5, 5.41) is 9.51. The molecule has 0 spiro atoms. The van der Waals surface area contributed by atoms with Crippen LogP contribution in [0.1, 0.15) is 144 Å². The minimum absolute atomic E-state index is 0.0233. The molecule has 1 aromatic carbocycles. The van der Waals surface area contributed by atoms with Gasteiger partial charge in [-0.1, -0.05) is 62.3 Å². The number of ketones is 1. The van der Waals surface area contributed by atoms with Gasteiger partial charge in [0, 0.05) is 29.9 Å². The van der Waals surface area contributed by atoms with Crippen molar-refractivity contribution in [2.45, 2.75) is 151 Å². The number of allylic oxidation sites excluding steroid dienone is 2. The summed E-state index contributed by atoms with van der Waals surface area (Å²) in [7, 11) is 4.09. The molecular weight excluding hydrogens is 725 g/mol. The Balaban J connectivity index is 1.40. The molecule has 0 radical (unpaired) electrons. The van der Waals surface area contributed by atoms with E-state index < -0.39 is 10.8 Å². The van der Waals surface area contributed by atoms with Crippen LogP contribution < -0.4 is 5.56 Å². The van der Waals surface area contributed by atoms with Crippen LogP contribution in [0.4, 0.5) is 0 Å². The molecule has 4 aliphatic rings. The summed E-state index contributed by atoms with van der Waals surface area (Å²) in [5.41, 5.74) is 3.14. The number of esters is 1. The second-order valence-electron chi connectivity index (χ2n) is 20.7. The van der Waals surface area contributed by atoms with E-state index in [4.69, 9.17) is 4.74 Å². The van der Waals surface area contributed by atoms with Crippen molar-refractivity contribution in [3.8, 4) is 11.8 Å². The molecule has 6 unspecified atom stereocenters. The summed E-state index contributed by atoms with van der Waals surface area (Å²) in [6.45, 7) is 21.4. The smallest absolute Gasteiger partial charge is 0.307 e. The van der Waals surface area contributed by atoms with Gasteiger partial charge in [-0.15, -0.1) is 0 Å². The first kappa shape index (κ1) is 43.8. The number of aromatic nitrogens is 2. The minimum Gasteiger partial charge on any atom is -0.462 e. The van der Waals surface area contributed by atoms with Crippen LogP contribution >= 0.6 is 0 Å². The van der Waals surface area contributed by atoms with Crippen LogP contribution in [-0.2, 0) is 31.1 Å². The Labute approximate surface area is 347 Å². The van der Waals surface area contributed by atoms with Crippen LogP contribution in [0.3, 0.4) is 0 Å². The number of hydrogen-bond acceptors (Lipinski definition) is 7. The Hall–Kier alpha value is -3.77. The van der Waals surface area contributed by atoms with Gasteiger partial charge in [0.25, 0.3) is 5.56 Å². The zero-order valence-electron chi connectivity index (χ0n) is 37.4. The van der Waals surface area contributed by atoms with E-state index in [1.165, 1.54) is 5.57 Å². The van der Waals surface area contributed by atoms with Gasteiger partial charge >= 0.3 is 5.97 Å². The third-order valence-corrected chi connectivity index (χ3v) is 16.3. The summed E-state index contributed by atoms with van der Waals surface area (Å²) in [4.78, 5) is 55.4. The number of nitriles is 1. The van der Waals surface area contributed by atoms with Crippen molar-refractivity contribution in [1.29, 1.82) is 5.26 Å². The van der Waals surface area contributed by atoms with Crippen LogP contribution in [0.15, 0.2) is 46.3 Å². The first-order valence-electron chi connectivity index (χ1n) is 22.1. The lowest BCUT2D eigenvalue weighted by Gasteiger charge is -2.69. The summed E-state index contributed by atoms with van der Waals surface area (Å²) < 4.78 is 9.96. The lowest BCUT2D eigenvalue weighted by molar-refractivity contribution is -0.184. The second-order valence-corrected chi connectivity index (χ2v) is 20.7. The third kappa shape index (κ3) is 7.28. The Morgan fingerprint density at radius 2 is 1.74 bits per heavy atom. The quantitative estimate of drug-likeness (QED) is 0.138. The summed E-state index contributed by atoms with van der Waals surface area (Å²) >= 11 is 0. The Morgan fingerprint density at radius 3 is 2.34 bits per heavy atom. The first-order valence-corrected chi connectivity index (χ1v) is 22.1. The van der Waals surface area contributed by atoms with E-state index in [1.54, 1.807) is 30.7 Å². The topological polar surface area (TPSA) is 114 Å². The van der Waals surface area contributed by atoms with Crippen molar-refractivity contribution in [2.75, 3.05) is 20.6 Å². The summed E-state index contributed by atoms with van der Waals surface area (Å²) in [5.74, 6) is 1.21. The third-order valence-electron chi connectivity index (χ3n) is 16.3. The van der Waals surface area contributed by atoms with Crippen molar-refractivity contribution in [1.82, 2.24) is 14.3 Å². The maximum absolute atomic E-state index is 14.6. The van der Waals surface area contributed by atoms with Crippen LogP contribution in [-0.4, -0.2) is 59.0 Å². The predicted molar refractivity (Wildman–Crippen MR) is 228 cm³/mol. The van der Waals surface area contributed by atoms with Crippen molar-refractivity contribution in [3.05, 3.63) is 63.1 Å². The lowest BCUT2D eigenvalue weighted by Crippen LogP contribution is -2.62. The number of carbonyl (C=O) groups is 3. The van der Waals surface area contributed by atoms with Gasteiger partial charge in [0.05, 0.1) is 36.0 Å². The molecule has 1 aromatic heterocycles. The van der Waals surface area contributed by atoms with Crippen molar-refractivity contribution >= 4 is 18.0 Å². The van der Waals surface area contributed by atoms with E-state index in [1.807, 2.05) is 32.3 Å². The number of carbonyl (C=O) groups excluding carboxylic acids is 3. The summed E-state index contributed by atoms with van der Waals surface area (Å²) in [6.07, 6.45) is 9.81. The normalized spacial score (nSPS) is 31.4. The highest BCUT2D eigenvalue weighted by molar-refractivity contribution is 6.01. The molecule has 4 aliphatic carbocycles. The highest BCUT2D eigenvalue weighted by Crippen LogP contribution is 2.75. The molecule has 0 N–H and O–H groups in total. The number of nitrogens with zero attached hydrogens (tertiary/aromatic N) is 4. The monoisotopic (exact) mass is 795 g/mol. The largest absolute Gasteiger partial charge is 0.462 e. The van der Waals surface area contributed by atoms with Crippen LogP contribution in [0, 0.1) is 56.7 Å². The van der Waals surface area contributed by atoms with E-state index in [2.05, 4.69) is 64.1 Å². The van der Waals surface area contributed by atoms with Crippen LogP contribution in [0.5, 0.6) is 0 Å². The molecule has 0 amide bonds. The fraction of sp³-hybridized carbons (Fsp3) is 0.694. The molecule has 8 atom stereocenters.